The van der Waals surface area contributed by atoms with Crippen LogP contribution in [0.1, 0.15) is 0 Å². The molecule has 0 aliphatic carbocycles. The number of hydrogen-bond donors (Lipinski definition) is 1. The number of hydrogen-bond acceptors (Lipinski definition) is 5. The van der Waals surface area contributed by atoms with E-state index in [4.69, 9.17) is 0 Å². The fourth-order valence-electron chi connectivity index (χ4n) is 1.40. The third-order valence-corrected chi connectivity index (χ3v) is 2.26. The maximum atomic E-state index is 11.8. The minimum absolute atomic E-state index is 0.0640. The first-order chi connectivity index (χ1) is 8.13. The van der Waals surface area contributed by atoms with E-state index in [0.29, 0.717) is 16.4 Å². The lowest BCUT2D eigenvalue weighted by Gasteiger charge is -2.36. The molecule has 1 aliphatic rings. The van der Waals surface area contributed by atoms with Crippen molar-refractivity contribution in [3.05, 3.63) is 41.7 Å². The molecule has 1 N–H and O–H groups in total. The van der Waals surface area contributed by atoms with E-state index in [-0.39, 0.29) is 11.5 Å². The van der Waals surface area contributed by atoms with Gasteiger partial charge in [-0.3, -0.25) is 5.32 Å². The number of amides is 1. The molecule has 0 saturated carbocycles. The van der Waals surface area contributed by atoms with Crippen molar-refractivity contribution in [2.75, 3.05) is 12.2 Å². The largest absolute Gasteiger partial charge is 0.754 e. The first-order valence-corrected chi connectivity index (χ1v) is 4.82. The number of fused-ring (bicyclic) bond motifs is 1. The molecule has 0 radical (unpaired) electrons. The molecule has 17 heavy (non-hydrogen) atoms. The molecule has 1 aromatic carbocycles. The monoisotopic (exact) mass is 232 g/mol. The maximum absolute atomic E-state index is 11.8. The minimum Gasteiger partial charge on any atom is -0.754 e. The average Bonchev–Trinajstić information content (AvgIpc) is 2.35. The van der Waals surface area contributed by atoms with Crippen molar-refractivity contribution < 1.29 is 9.53 Å². The van der Waals surface area contributed by atoms with Gasteiger partial charge in [0.15, 0.2) is 5.84 Å². The number of carbonyl (C=O) groups excluding carboxylic acids is 1. The van der Waals surface area contributed by atoms with Crippen LogP contribution in [0.15, 0.2) is 41.5 Å². The Hall–Kier alpha value is -2.34. The lowest BCUT2D eigenvalue weighted by Crippen LogP contribution is -2.37. The van der Waals surface area contributed by atoms with E-state index in [1.54, 1.807) is 24.3 Å². The number of alkyl carbamates (subject to hydrolysis) is 1. The van der Waals surface area contributed by atoms with Gasteiger partial charge in [-0.25, -0.2) is 9.79 Å². The van der Waals surface area contributed by atoms with E-state index in [9.17, 15) is 10.0 Å². The third kappa shape index (κ3) is 1.98. The van der Waals surface area contributed by atoms with Gasteiger partial charge in [0.2, 0.25) is 0 Å². The van der Waals surface area contributed by atoms with Gasteiger partial charge in [0.25, 0.3) is 0 Å². The molecule has 1 amide bonds. The molecule has 1 aliphatic heterocycles. The van der Waals surface area contributed by atoms with E-state index < -0.39 is 6.09 Å². The Morgan fingerprint density at radius 2 is 2.24 bits per heavy atom. The Balaban J connectivity index is 2.39. The van der Waals surface area contributed by atoms with Crippen LogP contribution in [0.4, 0.5) is 16.2 Å². The van der Waals surface area contributed by atoms with E-state index in [1.807, 2.05) is 0 Å². The fraction of sp³-hybridized carbons (Fsp3) is 0.0909. The minimum atomic E-state index is -0.697. The number of hydroxylamine groups is 1. The number of para-hydroxylation sites is 2. The summed E-state index contributed by atoms with van der Waals surface area (Å²) in [4.78, 5) is 15.2. The van der Waals surface area contributed by atoms with Crippen molar-refractivity contribution in [3.8, 4) is 0 Å². The molecular formula is C11H10N3O3-. The molecule has 0 fully saturated rings. The molecule has 6 nitrogen and oxygen atoms in total. The summed E-state index contributed by atoms with van der Waals surface area (Å²) in [7, 11) is 1.23. The van der Waals surface area contributed by atoms with Crippen LogP contribution in [-0.2, 0) is 4.74 Å². The second-order valence-corrected chi connectivity index (χ2v) is 3.31. The zero-order chi connectivity index (χ0) is 12.4. The first kappa shape index (κ1) is 11.2. The number of nitrogens with one attached hydrogen (secondary N) is 1. The van der Waals surface area contributed by atoms with Crippen LogP contribution >= 0.6 is 0 Å². The quantitative estimate of drug-likeness (QED) is 0.741. The molecule has 0 aromatic heterocycles. The van der Waals surface area contributed by atoms with Crippen LogP contribution in [0.2, 0.25) is 0 Å². The number of ether oxygens (including phenoxy) is 1. The Kier molecular flexibility index (Phi) is 2.80. The van der Waals surface area contributed by atoms with Crippen LogP contribution in [0.3, 0.4) is 0 Å². The zero-order valence-corrected chi connectivity index (χ0v) is 9.14. The molecule has 0 saturated heterocycles. The summed E-state index contributed by atoms with van der Waals surface area (Å²) in [5, 5.41) is 14.8. The molecule has 0 atom stereocenters. The normalized spacial score (nSPS) is 13.9. The van der Waals surface area contributed by atoms with Gasteiger partial charge in [-0.2, -0.15) is 0 Å². The van der Waals surface area contributed by atoms with Crippen LogP contribution < -0.4 is 10.4 Å². The first-order valence-electron chi connectivity index (χ1n) is 4.82. The lowest BCUT2D eigenvalue weighted by molar-refractivity contribution is 0.177. The fourth-order valence-corrected chi connectivity index (χ4v) is 1.40. The summed E-state index contributed by atoms with van der Waals surface area (Å²) in [6, 6.07) is 6.78. The molecule has 88 valence electrons. The Morgan fingerprint density at radius 1 is 1.53 bits per heavy atom. The van der Waals surface area contributed by atoms with Crippen molar-refractivity contribution in [1.82, 2.24) is 5.32 Å². The van der Waals surface area contributed by atoms with Crippen molar-refractivity contribution in [3.63, 3.8) is 0 Å². The highest BCUT2D eigenvalue weighted by Crippen LogP contribution is 2.33. The molecule has 1 aromatic rings. The van der Waals surface area contributed by atoms with Gasteiger partial charge in [-0.1, -0.05) is 18.7 Å². The highest BCUT2D eigenvalue weighted by atomic mass is 16.5. The van der Waals surface area contributed by atoms with E-state index >= 15 is 0 Å². The second kappa shape index (κ2) is 4.26. The number of anilines is 1. The van der Waals surface area contributed by atoms with Crippen LogP contribution in [0, 0.1) is 5.21 Å². The van der Waals surface area contributed by atoms with Gasteiger partial charge >= 0.3 is 6.09 Å². The molecule has 2 rings (SSSR count). The smallest absolute Gasteiger partial charge is 0.412 e. The van der Waals surface area contributed by atoms with Gasteiger partial charge in [-0.05, 0) is 12.1 Å². The second-order valence-electron chi connectivity index (χ2n) is 3.31. The molecule has 1 heterocycles. The average molecular weight is 232 g/mol. The van der Waals surface area contributed by atoms with Crippen molar-refractivity contribution in [2.24, 2.45) is 4.99 Å². The molecule has 6 heteroatoms. The van der Waals surface area contributed by atoms with E-state index in [1.165, 1.54) is 7.11 Å². The number of benzene rings is 1. The van der Waals surface area contributed by atoms with Crippen molar-refractivity contribution in [2.45, 2.75) is 0 Å². The summed E-state index contributed by atoms with van der Waals surface area (Å²) in [5.41, 5.74) is 0.934. The van der Waals surface area contributed by atoms with Crippen molar-refractivity contribution in [1.29, 1.82) is 0 Å². The van der Waals surface area contributed by atoms with Gasteiger partial charge in [0, 0.05) is 0 Å². The van der Waals surface area contributed by atoms with Crippen LogP contribution in [0.5, 0.6) is 0 Å². The van der Waals surface area contributed by atoms with Crippen LogP contribution in [0.25, 0.3) is 0 Å². The highest BCUT2D eigenvalue weighted by Gasteiger charge is 2.18. The predicted octanol–water partition coefficient (Wildman–Crippen LogP) is 1.90. The summed E-state index contributed by atoms with van der Waals surface area (Å²) in [6.45, 7) is 3.58. The summed E-state index contributed by atoms with van der Waals surface area (Å²) >= 11 is 0. The maximum Gasteiger partial charge on any atom is 0.412 e. The lowest BCUT2D eigenvalue weighted by atomic mass is 10.2. The third-order valence-electron chi connectivity index (χ3n) is 2.26. The van der Waals surface area contributed by atoms with Crippen LogP contribution in [-0.4, -0.2) is 19.0 Å². The number of aliphatic imine (C=N–C) groups is 1. The Morgan fingerprint density at radius 3 is 2.94 bits per heavy atom. The van der Waals surface area contributed by atoms with E-state index in [2.05, 4.69) is 21.6 Å². The summed E-state index contributed by atoms with van der Waals surface area (Å²) in [6.07, 6.45) is -0.697. The Labute approximate surface area is 97.8 Å². The number of carbonyl (C=O) groups is 1. The molecule has 0 bridgehead atoms. The standard InChI is InChI=1S/C11H10N3O3/c1-7-10(13-11(15)17-2)12-8-5-3-4-6-9(8)14(7)16/h3-6H,1H2,2H3,(H,12,13,15)/q-1. The van der Waals surface area contributed by atoms with Gasteiger partial charge in [0.1, 0.15) is 0 Å². The number of amidine groups is 1. The van der Waals surface area contributed by atoms with Gasteiger partial charge in [-0.15, -0.1) is 0 Å². The Bertz CT molecular complexity index is 510. The zero-order valence-electron chi connectivity index (χ0n) is 9.14. The number of rotatable bonds is 0. The van der Waals surface area contributed by atoms with Gasteiger partial charge in [0.05, 0.1) is 24.2 Å². The SMILES string of the molecule is C=C1C(NC(=O)OC)=Nc2ccccc2N1[O-]. The summed E-state index contributed by atoms with van der Waals surface area (Å²) < 4.78 is 4.43. The van der Waals surface area contributed by atoms with Gasteiger partial charge < -0.3 is 15.0 Å². The van der Waals surface area contributed by atoms with Crippen molar-refractivity contribution >= 4 is 23.3 Å². The molecule has 0 unspecified atom stereocenters. The highest BCUT2D eigenvalue weighted by molar-refractivity contribution is 6.11. The summed E-state index contributed by atoms with van der Waals surface area (Å²) in [5.74, 6) is 0.0885. The molecule has 0 spiro atoms. The number of methoxy groups -OCH3 is 1. The molecular weight excluding hydrogens is 222 g/mol. The topological polar surface area (TPSA) is 77.0 Å². The number of nitrogens with zero attached hydrogens (tertiary/aromatic N) is 2. The van der Waals surface area contributed by atoms with E-state index in [0.717, 1.165) is 0 Å². The predicted molar refractivity (Wildman–Crippen MR) is 64.1 cm³/mol.